The van der Waals surface area contributed by atoms with Crippen LogP contribution in [0.1, 0.15) is 31.7 Å². The van der Waals surface area contributed by atoms with E-state index in [2.05, 4.69) is 10.3 Å². The van der Waals surface area contributed by atoms with Gasteiger partial charge in [0.25, 0.3) is 0 Å². The first-order valence-corrected chi connectivity index (χ1v) is 7.64. The Labute approximate surface area is 129 Å². The van der Waals surface area contributed by atoms with Gasteiger partial charge in [-0.3, -0.25) is 4.99 Å². The van der Waals surface area contributed by atoms with Crippen molar-refractivity contribution >= 4 is 5.96 Å². The maximum absolute atomic E-state index is 13.9. The number of hydrogen-bond acceptors (Lipinski definition) is 2. The summed E-state index contributed by atoms with van der Waals surface area (Å²) in [5.41, 5.74) is 6.01. The number of nitrogens with one attached hydrogen (secondary N) is 1. The molecule has 1 aliphatic carbocycles. The predicted molar refractivity (Wildman–Crippen MR) is 82.9 cm³/mol. The van der Waals surface area contributed by atoms with E-state index in [-0.39, 0.29) is 5.41 Å². The molecule has 0 bridgehead atoms. The minimum absolute atomic E-state index is 0.324. The molecule has 0 unspecified atom stereocenters. The summed E-state index contributed by atoms with van der Waals surface area (Å²) in [6.07, 6.45) is 2.54. The number of aliphatic imine (C=N–C) groups is 1. The maximum Gasteiger partial charge on any atom is 0.188 e. The molecular formula is C16H23F2N3O. The zero-order valence-electron chi connectivity index (χ0n) is 12.9. The number of guanidine groups is 1. The molecule has 0 atom stereocenters. The van der Waals surface area contributed by atoms with Gasteiger partial charge in [-0.2, -0.15) is 0 Å². The second-order valence-electron chi connectivity index (χ2n) is 5.58. The Hall–Kier alpha value is -1.69. The predicted octanol–water partition coefficient (Wildman–Crippen LogP) is 2.33. The molecule has 0 aliphatic heterocycles. The van der Waals surface area contributed by atoms with Crippen molar-refractivity contribution in [2.75, 3.05) is 26.3 Å². The van der Waals surface area contributed by atoms with Crippen LogP contribution in [-0.2, 0) is 10.2 Å². The fraction of sp³-hybridized carbons (Fsp3) is 0.562. The van der Waals surface area contributed by atoms with Crippen LogP contribution in [0, 0.1) is 11.6 Å². The largest absolute Gasteiger partial charge is 0.382 e. The first-order valence-electron chi connectivity index (χ1n) is 7.64. The van der Waals surface area contributed by atoms with Crippen LogP contribution in [0.3, 0.4) is 0 Å². The van der Waals surface area contributed by atoms with Gasteiger partial charge >= 0.3 is 0 Å². The number of hydrogen-bond donors (Lipinski definition) is 2. The Morgan fingerprint density at radius 3 is 2.82 bits per heavy atom. The molecule has 0 amide bonds. The van der Waals surface area contributed by atoms with Crippen LogP contribution in [-0.4, -0.2) is 32.3 Å². The highest BCUT2D eigenvalue weighted by Crippen LogP contribution is 2.49. The van der Waals surface area contributed by atoms with Gasteiger partial charge in [0, 0.05) is 31.2 Å². The lowest BCUT2D eigenvalue weighted by atomic mass is 9.95. The fourth-order valence-electron chi connectivity index (χ4n) is 2.41. The molecular weight excluding hydrogens is 288 g/mol. The van der Waals surface area contributed by atoms with Gasteiger partial charge in [-0.1, -0.05) is 6.07 Å². The van der Waals surface area contributed by atoms with E-state index in [1.165, 1.54) is 12.1 Å². The van der Waals surface area contributed by atoms with Crippen LogP contribution in [0.4, 0.5) is 8.78 Å². The lowest BCUT2D eigenvalue weighted by Gasteiger charge is -2.15. The van der Waals surface area contributed by atoms with Crippen LogP contribution >= 0.6 is 0 Å². The normalized spacial score (nSPS) is 16.6. The van der Waals surface area contributed by atoms with E-state index in [1.54, 1.807) is 0 Å². The smallest absolute Gasteiger partial charge is 0.188 e. The first kappa shape index (κ1) is 16.7. The molecule has 1 aliphatic rings. The summed E-state index contributed by atoms with van der Waals surface area (Å²) in [7, 11) is 0. The van der Waals surface area contributed by atoms with Gasteiger partial charge in [-0.15, -0.1) is 0 Å². The summed E-state index contributed by atoms with van der Waals surface area (Å²) < 4.78 is 32.1. The molecule has 22 heavy (non-hydrogen) atoms. The first-order chi connectivity index (χ1) is 10.6. The third-order valence-corrected chi connectivity index (χ3v) is 3.88. The number of rotatable bonds is 8. The van der Waals surface area contributed by atoms with E-state index in [9.17, 15) is 8.78 Å². The van der Waals surface area contributed by atoms with Crippen LogP contribution in [0.2, 0.25) is 0 Å². The zero-order chi connectivity index (χ0) is 16.0. The number of benzene rings is 1. The lowest BCUT2D eigenvalue weighted by molar-refractivity contribution is 0.145. The molecule has 4 nitrogen and oxygen atoms in total. The van der Waals surface area contributed by atoms with Gasteiger partial charge in [-0.25, -0.2) is 8.78 Å². The molecule has 0 saturated heterocycles. The molecule has 3 N–H and O–H groups in total. The molecule has 122 valence electrons. The molecule has 0 aromatic heterocycles. The van der Waals surface area contributed by atoms with Gasteiger partial charge in [-0.05, 0) is 37.8 Å². The van der Waals surface area contributed by atoms with Crippen molar-refractivity contribution in [3.63, 3.8) is 0 Å². The summed E-state index contributed by atoms with van der Waals surface area (Å²) >= 11 is 0. The van der Waals surface area contributed by atoms with E-state index in [4.69, 9.17) is 10.5 Å². The van der Waals surface area contributed by atoms with Crippen molar-refractivity contribution in [3.8, 4) is 0 Å². The Bertz CT molecular complexity index is 530. The van der Waals surface area contributed by atoms with Crippen molar-refractivity contribution in [2.45, 2.75) is 31.6 Å². The molecule has 6 heteroatoms. The van der Waals surface area contributed by atoms with E-state index in [1.807, 2.05) is 6.92 Å². The Balaban J connectivity index is 1.85. The molecule has 1 aromatic carbocycles. The minimum Gasteiger partial charge on any atom is -0.382 e. The van der Waals surface area contributed by atoms with Gasteiger partial charge in [0.15, 0.2) is 5.96 Å². The topological polar surface area (TPSA) is 59.6 Å². The molecule has 0 radical (unpaired) electrons. The Morgan fingerprint density at radius 1 is 1.41 bits per heavy atom. The highest BCUT2D eigenvalue weighted by atomic mass is 19.1. The van der Waals surface area contributed by atoms with Gasteiger partial charge in [0.05, 0.1) is 6.54 Å². The monoisotopic (exact) mass is 311 g/mol. The maximum atomic E-state index is 13.9. The number of halogens is 2. The SMILES string of the molecule is CCOCCCNC(N)=NCC1(c2ccc(F)cc2F)CC1. The molecule has 0 spiro atoms. The average Bonchev–Trinajstić information content (AvgIpc) is 3.26. The van der Waals surface area contributed by atoms with Gasteiger partial charge in [0.1, 0.15) is 11.6 Å². The molecule has 1 aromatic rings. The third-order valence-electron chi connectivity index (χ3n) is 3.88. The summed E-state index contributed by atoms with van der Waals surface area (Å²) in [6, 6.07) is 3.73. The Morgan fingerprint density at radius 2 is 2.18 bits per heavy atom. The lowest BCUT2D eigenvalue weighted by Crippen LogP contribution is -2.34. The van der Waals surface area contributed by atoms with Crippen molar-refractivity contribution in [1.82, 2.24) is 5.32 Å². The van der Waals surface area contributed by atoms with Gasteiger partial charge in [0.2, 0.25) is 0 Å². The zero-order valence-corrected chi connectivity index (χ0v) is 12.9. The molecule has 2 rings (SSSR count). The third kappa shape index (κ3) is 4.40. The molecule has 1 saturated carbocycles. The molecule has 0 heterocycles. The van der Waals surface area contributed by atoms with Crippen molar-refractivity contribution < 1.29 is 13.5 Å². The van der Waals surface area contributed by atoms with E-state index < -0.39 is 11.6 Å². The summed E-state index contributed by atoms with van der Waals surface area (Å²) in [5, 5.41) is 3.01. The number of nitrogens with zero attached hydrogens (tertiary/aromatic N) is 1. The van der Waals surface area contributed by atoms with Crippen LogP contribution in [0.5, 0.6) is 0 Å². The highest BCUT2D eigenvalue weighted by molar-refractivity contribution is 5.77. The second kappa shape index (κ2) is 7.54. The van der Waals surface area contributed by atoms with E-state index >= 15 is 0 Å². The minimum atomic E-state index is -0.559. The Kier molecular flexibility index (Phi) is 5.71. The van der Waals surface area contributed by atoms with Crippen molar-refractivity contribution in [3.05, 3.63) is 35.4 Å². The van der Waals surface area contributed by atoms with Crippen molar-refractivity contribution in [1.29, 1.82) is 0 Å². The van der Waals surface area contributed by atoms with Crippen LogP contribution < -0.4 is 11.1 Å². The number of ether oxygens (including phenoxy) is 1. The summed E-state index contributed by atoms with van der Waals surface area (Å²) in [6.45, 7) is 4.44. The molecule has 1 fully saturated rings. The van der Waals surface area contributed by atoms with Crippen molar-refractivity contribution in [2.24, 2.45) is 10.7 Å². The quantitative estimate of drug-likeness (QED) is 0.440. The van der Waals surface area contributed by atoms with Gasteiger partial charge < -0.3 is 15.8 Å². The van der Waals surface area contributed by atoms with Crippen LogP contribution in [0.25, 0.3) is 0 Å². The average molecular weight is 311 g/mol. The fourth-order valence-corrected chi connectivity index (χ4v) is 2.41. The van der Waals surface area contributed by atoms with E-state index in [0.717, 1.165) is 25.3 Å². The standard InChI is InChI=1S/C16H23F2N3O/c1-2-22-9-3-8-20-15(19)21-11-16(6-7-16)13-5-4-12(17)10-14(13)18/h4-5,10H,2-3,6-9,11H2,1H3,(H3,19,20,21). The highest BCUT2D eigenvalue weighted by Gasteiger charge is 2.45. The van der Waals surface area contributed by atoms with Crippen LogP contribution in [0.15, 0.2) is 23.2 Å². The summed E-state index contributed by atoms with van der Waals surface area (Å²) in [4.78, 5) is 4.30. The summed E-state index contributed by atoms with van der Waals surface area (Å²) in [5.74, 6) is -0.711. The number of nitrogens with two attached hydrogens (primary N) is 1. The second-order valence-corrected chi connectivity index (χ2v) is 5.58. The van der Waals surface area contributed by atoms with E-state index in [0.29, 0.717) is 37.8 Å².